The van der Waals surface area contributed by atoms with E-state index in [0.717, 1.165) is 28.2 Å². The van der Waals surface area contributed by atoms with E-state index in [1.54, 1.807) is 16.8 Å². The standard InChI is InChI=1S/C17H18N4O2/c1-10-5-4-6-14(19-10)9-21-8-13(7-15(18)17(21)22)16-11(2)20-23-12(16)3/h4-8H,9,18H2,1-3H3. The third kappa shape index (κ3) is 2.88. The molecular formula is C17H18N4O2. The summed E-state index contributed by atoms with van der Waals surface area (Å²) in [5.74, 6) is 0.695. The van der Waals surface area contributed by atoms with Crippen molar-refractivity contribution in [3.8, 4) is 11.1 Å². The van der Waals surface area contributed by atoms with Crippen molar-refractivity contribution < 1.29 is 4.52 Å². The highest BCUT2D eigenvalue weighted by atomic mass is 16.5. The van der Waals surface area contributed by atoms with Crippen LogP contribution in [0, 0.1) is 20.8 Å². The molecule has 0 unspecified atom stereocenters. The van der Waals surface area contributed by atoms with E-state index in [-0.39, 0.29) is 11.2 Å². The highest BCUT2D eigenvalue weighted by Crippen LogP contribution is 2.27. The van der Waals surface area contributed by atoms with Crippen LogP contribution < -0.4 is 11.3 Å². The van der Waals surface area contributed by atoms with Crippen molar-refractivity contribution in [1.29, 1.82) is 0 Å². The van der Waals surface area contributed by atoms with Gasteiger partial charge in [-0.3, -0.25) is 9.78 Å². The van der Waals surface area contributed by atoms with Crippen LogP contribution in [0.5, 0.6) is 0 Å². The number of rotatable bonds is 3. The number of nitrogen functional groups attached to an aromatic ring is 1. The average molecular weight is 310 g/mol. The number of anilines is 1. The first-order valence-corrected chi connectivity index (χ1v) is 7.31. The van der Waals surface area contributed by atoms with Crippen LogP contribution in [0.15, 0.2) is 39.8 Å². The van der Waals surface area contributed by atoms with Crippen molar-refractivity contribution >= 4 is 5.69 Å². The fourth-order valence-corrected chi connectivity index (χ4v) is 2.67. The van der Waals surface area contributed by atoms with E-state index < -0.39 is 0 Å². The number of hydrogen-bond acceptors (Lipinski definition) is 5. The van der Waals surface area contributed by atoms with E-state index in [0.29, 0.717) is 12.3 Å². The molecule has 0 aliphatic heterocycles. The molecule has 3 aromatic rings. The second kappa shape index (κ2) is 5.72. The van der Waals surface area contributed by atoms with Gasteiger partial charge in [0.15, 0.2) is 0 Å². The van der Waals surface area contributed by atoms with Gasteiger partial charge in [-0.2, -0.15) is 0 Å². The summed E-state index contributed by atoms with van der Waals surface area (Å²) >= 11 is 0. The molecule has 0 aliphatic carbocycles. The van der Waals surface area contributed by atoms with Gasteiger partial charge in [-0.15, -0.1) is 0 Å². The Balaban J connectivity index is 2.09. The second-order valence-corrected chi connectivity index (χ2v) is 5.59. The molecule has 0 bridgehead atoms. The Labute approximate surface area is 133 Å². The molecule has 0 spiro atoms. The maximum absolute atomic E-state index is 12.3. The Hall–Kier alpha value is -2.89. The third-order valence-corrected chi connectivity index (χ3v) is 3.71. The smallest absolute Gasteiger partial charge is 0.274 e. The van der Waals surface area contributed by atoms with Crippen LogP contribution in [-0.2, 0) is 6.54 Å². The molecule has 0 aromatic carbocycles. The molecule has 2 N–H and O–H groups in total. The first-order valence-electron chi connectivity index (χ1n) is 7.31. The predicted octanol–water partition coefficient (Wildman–Crippen LogP) is 2.45. The van der Waals surface area contributed by atoms with Crippen molar-refractivity contribution in [2.75, 3.05) is 5.73 Å². The van der Waals surface area contributed by atoms with E-state index in [1.165, 1.54) is 0 Å². The molecule has 0 amide bonds. The number of aromatic nitrogens is 3. The van der Waals surface area contributed by atoms with Crippen LogP contribution in [0.25, 0.3) is 11.1 Å². The molecule has 0 radical (unpaired) electrons. The topological polar surface area (TPSA) is 86.9 Å². The lowest BCUT2D eigenvalue weighted by atomic mass is 10.1. The number of nitrogens with zero attached hydrogens (tertiary/aromatic N) is 3. The summed E-state index contributed by atoms with van der Waals surface area (Å²) in [4.78, 5) is 16.8. The van der Waals surface area contributed by atoms with Gasteiger partial charge in [-0.05, 0) is 39.0 Å². The molecule has 0 saturated carbocycles. The van der Waals surface area contributed by atoms with Crippen molar-refractivity contribution in [3.63, 3.8) is 0 Å². The van der Waals surface area contributed by atoms with E-state index in [9.17, 15) is 4.79 Å². The quantitative estimate of drug-likeness (QED) is 0.803. The molecule has 0 fully saturated rings. The average Bonchev–Trinajstić information content (AvgIpc) is 2.83. The Bertz CT molecular complexity index is 905. The van der Waals surface area contributed by atoms with Crippen LogP contribution in [-0.4, -0.2) is 14.7 Å². The molecule has 118 valence electrons. The lowest BCUT2D eigenvalue weighted by molar-refractivity contribution is 0.393. The van der Waals surface area contributed by atoms with Crippen molar-refractivity contribution in [2.24, 2.45) is 0 Å². The minimum absolute atomic E-state index is 0.190. The summed E-state index contributed by atoms with van der Waals surface area (Å²) in [6, 6.07) is 7.39. The normalized spacial score (nSPS) is 10.9. The minimum atomic E-state index is -0.233. The summed E-state index contributed by atoms with van der Waals surface area (Å²) in [5.41, 5.74) is 10.0. The molecule has 0 atom stereocenters. The molecular weight excluding hydrogens is 292 g/mol. The summed E-state index contributed by atoms with van der Waals surface area (Å²) in [6.45, 7) is 5.98. The van der Waals surface area contributed by atoms with Crippen LogP contribution in [0.3, 0.4) is 0 Å². The van der Waals surface area contributed by atoms with Crippen molar-refractivity contribution in [2.45, 2.75) is 27.3 Å². The molecule has 23 heavy (non-hydrogen) atoms. The maximum Gasteiger partial charge on any atom is 0.274 e. The fraction of sp³-hybridized carbons (Fsp3) is 0.235. The highest BCUT2D eigenvalue weighted by molar-refractivity contribution is 5.69. The molecule has 3 aromatic heterocycles. The molecule has 3 rings (SSSR count). The molecule has 0 aliphatic rings. The Morgan fingerprint density at radius 1 is 1.26 bits per heavy atom. The van der Waals surface area contributed by atoms with Crippen LogP contribution >= 0.6 is 0 Å². The summed E-state index contributed by atoms with van der Waals surface area (Å²) in [7, 11) is 0. The van der Waals surface area contributed by atoms with E-state index in [4.69, 9.17) is 10.3 Å². The van der Waals surface area contributed by atoms with Crippen molar-refractivity contribution in [1.82, 2.24) is 14.7 Å². The summed E-state index contributed by atoms with van der Waals surface area (Å²) in [6.07, 6.45) is 1.77. The largest absolute Gasteiger partial charge is 0.394 e. The molecule has 3 heterocycles. The summed E-state index contributed by atoms with van der Waals surface area (Å²) < 4.78 is 6.77. The molecule has 0 saturated heterocycles. The Kier molecular flexibility index (Phi) is 3.73. The number of hydrogen-bond donors (Lipinski definition) is 1. The van der Waals surface area contributed by atoms with Crippen molar-refractivity contribution in [3.05, 3.63) is 63.7 Å². The monoisotopic (exact) mass is 310 g/mol. The first kappa shape index (κ1) is 15.0. The van der Waals surface area contributed by atoms with Crippen LogP contribution in [0.1, 0.15) is 22.8 Å². The number of aryl methyl sites for hydroxylation is 3. The Morgan fingerprint density at radius 3 is 2.70 bits per heavy atom. The van der Waals surface area contributed by atoms with Gasteiger partial charge in [0.1, 0.15) is 5.76 Å². The van der Waals surface area contributed by atoms with E-state index in [2.05, 4.69) is 10.1 Å². The zero-order valence-corrected chi connectivity index (χ0v) is 13.3. The first-order chi connectivity index (χ1) is 11.0. The fourth-order valence-electron chi connectivity index (χ4n) is 2.67. The van der Waals surface area contributed by atoms with Gasteiger partial charge >= 0.3 is 0 Å². The number of pyridine rings is 2. The van der Waals surface area contributed by atoms with Gasteiger partial charge in [-0.1, -0.05) is 11.2 Å². The maximum atomic E-state index is 12.3. The van der Waals surface area contributed by atoms with Gasteiger partial charge in [0.25, 0.3) is 5.56 Å². The highest BCUT2D eigenvalue weighted by Gasteiger charge is 2.14. The zero-order valence-electron chi connectivity index (χ0n) is 13.3. The van der Waals surface area contributed by atoms with Crippen LogP contribution in [0.4, 0.5) is 5.69 Å². The van der Waals surface area contributed by atoms with Gasteiger partial charge in [0.2, 0.25) is 0 Å². The Morgan fingerprint density at radius 2 is 2.04 bits per heavy atom. The molecule has 6 nitrogen and oxygen atoms in total. The third-order valence-electron chi connectivity index (χ3n) is 3.71. The lowest BCUT2D eigenvalue weighted by Crippen LogP contribution is -2.23. The van der Waals surface area contributed by atoms with E-state index >= 15 is 0 Å². The van der Waals surface area contributed by atoms with E-state index in [1.807, 2.05) is 39.0 Å². The summed E-state index contributed by atoms with van der Waals surface area (Å²) in [5, 5.41) is 3.95. The molecule has 6 heteroatoms. The lowest BCUT2D eigenvalue weighted by Gasteiger charge is -2.10. The SMILES string of the molecule is Cc1cccc(Cn2cc(-c3c(C)noc3C)cc(N)c2=O)n1. The number of nitrogens with two attached hydrogens (primary N) is 1. The minimum Gasteiger partial charge on any atom is -0.394 e. The second-order valence-electron chi connectivity index (χ2n) is 5.59. The van der Waals surface area contributed by atoms with Crippen LogP contribution in [0.2, 0.25) is 0 Å². The van der Waals surface area contributed by atoms with Gasteiger partial charge in [0, 0.05) is 23.0 Å². The van der Waals surface area contributed by atoms with Gasteiger partial charge in [0.05, 0.1) is 23.6 Å². The van der Waals surface area contributed by atoms with Gasteiger partial charge < -0.3 is 14.8 Å². The predicted molar refractivity (Wildman–Crippen MR) is 88.2 cm³/mol. The van der Waals surface area contributed by atoms with Gasteiger partial charge in [-0.25, -0.2) is 0 Å². The zero-order chi connectivity index (χ0) is 16.6.